The van der Waals surface area contributed by atoms with Crippen molar-refractivity contribution in [2.45, 2.75) is 32.7 Å². The van der Waals surface area contributed by atoms with Gasteiger partial charge in [-0.2, -0.15) is 0 Å². The first-order valence-electron chi connectivity index (χ1n) is 7.34. The van der Waals surface area contributed by atoms with Crippen molar-refractivity contribution >= 4 is 27.5 Å². The van der Waals surface area contributed by atoms with E-state index in [9.17, 15) is 4.79 Å². The third kappa shape index (κ3) is 4.91. The quantitative estimate of drug-likeness (QED) is 0.831. The molecule has 1 aliphatic heterocycles. The Morgan fingerprint density at radius 1 is 1.30 bits per heavy atom. The van der Waals surface area contributed by atoms with Crippen LogP contribution in [0.3, 0.4) is 0 Å². The van der Waals surface area contributed by atoms with Gasteiger partial charge in [-0.3, -0.25) is 9.69 Å². The number of carbonyl (C=O) groups is 1. The van der Waals surface area contributed by atoms with Crippen molar-refractivity contribution in [1.82, 2.24) is 4.90 Å². The summed E-state index contributed by atoms with van der Waals surface area (Å²) in [7, 11) is 0. The molecule has 0 bridgehead atoms. The molecule has 3 nitrogen and oxygen atoms in total. The highest BCUT2D eigenvalue weighted by molar-refractivity contribution is 9.09. The Kier molecular flexibility index (Phi) is 6.05. The van der Waals surface area contributed by atoms with Gasteiger partial charge in [0.05, 0.1) is 0 Å². The molecular formula is C16H23BrN2O. The molecule has 1 saturated heterocycles. The van der Waals surface area contributed by atoms with Gasteiger partial charge in [-0.1, -0.05) is 35.0 Å². The summed E-state index contributed by atoms with van der Waals surface area (Å²) >= 11 is 3.27. The maximum absolute atomic E-state index is 11.5. The van der Waals surface area contributed by atoms with Crippen molar-refractivity contribution < 1.29 is 4.79 Å². The number of nitrogens with zero attached hydrogens (tertiary/aromatic N) is 1. The first-order valence-corrected chi connectivity index (χ1v) is 8.46. The Morgan fingerprint density at radius 2 is 1.95 bits per heavy atom. The number of hydrogen-bond donors (Lipinski definition) is 1. The van der Waals surface area contributed by atoms with Crippen molar-refractivity contribution in [3.05, 3.63) is 29.8 Å². The second-order valence-corrected chi connectivity index (χ2v) is 6.44. The molecule has 1 aromatic carbocycles. The van der Waals surface area contributed by atoms with Crippen molar-refractivity contribution in [3.8, 4) is 0 Å². The lowest BCUT2D eigenvalue weighted by Crippen LogP contribution is -2.32. The van der Waals surface area contributed by atoms with E-state index in [4.69, 9.17) is 0 Å². The summed E-state index contributed by atoms with van der Waals surface area (Å²) < 4.78 is 0. The second kappa shape index (κ2) is 7.79. The predicted octanol–water partition coefficient (Wildman–Crippen LogP) is 3.64. The number of benzene rings is 1. The first kappa shape index (κ1) is 15.5. The van der Waals surface area contributed by atoms with Gasteiger partial charge in [-0.05, 0) is 49.5 Å². The third-order valence-electron chi connectivity index (χ3n) is 3.84. The number of rotatable bonds is 5. The monoisotopic (exact) mass is 338 g/mol. The number of nitrogens with one attached hydrogen (secondary N) is 1. The van der Waals surface area contributed by atoms with E-state index in [1.807, 2.05) is 12.1 Å². The van der Waals surface area contributed by atoms with Crippen LogP contribution in [0.5, 0.6) is 0 Å². The molecular weight excluding hydrogens is 316 g/mol. The number of amides is 1. The van der Waals surface area contributed by atoms with E-state index in [1.54, 1.807) is 0 Å². The fraction of sp³-hybridized carbons (Fsp3) is 0.562. The maximum Gasteiger partial charge on any atom is 0.225 e. The number of likely N-dealkylation sites (tertiary alicyclic amines) is 1. The van der Waals surface area contributed by atoms with Gasteiger partial charge >= 0.3 is 0 Å². The SMILES string of the molecule is CC1CCN(Cc2ccc(NC(=O)CCBr)cc2)CC1. The minimum Gasteiger partial charge on any atom is -0.326 e. The van der Waals surface area contributed by atoms with E-state index < -0.39 is 0 Å². The minimum atomic E-state index is 0.0552. The van der Waals surface area contributed by atoms with Crippen LogP contribution in [0.1, 0.15) is 31.7 Å². The molecule has 1 aliphatic rings. The number of anilines is 1. The Balaban J connectivity index is 1.83. The number of halogens is 1. The third-order valence-corrected chi connectivity index (χ3v) is 4.24. The van der Waals surface area contributed by atoms with Crippen LogP contribution in [0.25, 0.3) is 0 Å². The number of hydrogen-bond acceptors (Lipinski definition) is 2. The molecule has 20 heavy (non-hydrogen) atoms. The number of carbonyl (C=O) groups excluding carboxylic acids is 1. The van der Waals surface area contributed by atoms with E-state index >= 15 is 0 Å². The molecule has 0 spiro atoms. The lowest BCUT2D eigenvalue weighted by molar-refractivity contribution is -0.115. The first-order chi connectivity index (χ1) is 9.67. The zero-order valence-corrected chi connectivity index (χ0v) is 13.7. The molecule has 0 saturated carbocycles. The van der Waals surface area contributed by atoms with Crippen LogP contribution < -0.4 is 5.32 Å². The van der Waals surface area contributed by atoms with Gasteiger partial charge in [0.25, 0.3) is 0 Å². The molecule has 0 atom stereocenters. The van der Waals surface area contributed by atoms with E-state index in [0.717, 1.165) is 18.2 Å². The van der Waals surface area contributed by atoms with Crippen LogP contribution in [-0.4, -0.2) is 29.2 Å². The second-order valence-electron chi connectivity index (χ2n) is 5.64. The molecule has 1 N–H and O–H groups in total. The smallest absolute Gasteiger partial charge is 0.225 e. The van der Waals surface area contributed by atoms with E-state index in [2.05, 4.69) is 45.2 Å². The largest absolute Gasteiger partial charge is 0.326 e. The summed E-state index contributed by atoms with van der Waals surface area (Å²) in [6.45, 7) is 5.75. The van der Waals surface area contributed by atoms with Crippen LogP contribution in [0, 0.1) is 5.92 Å². The highest BCUT2D eigenvalue weighted by Crippen LogP contribution is 2.19. The molecule has 0 radical (unpaired) electrons. The topological polar surface area (TPSA) is 32.3 Å². The molecule has 1 amide bonds. The van der Waals surface area contributed by atoms with Crippen LogP contribution in [0.15, 0.2) is 24.3 Å². The van der Waals surface area contributed by atoms with E-state index in [0.29, 0.717) is 11.8 Å². The lowest BCUT2D eigenvalue weighted by Gasteiger charge is -2.30. The van der Waals surface area contributed by atoms with Crippen molar-refractivity contribution in [3.63, 3.8) is 0 Å². The van der Waals surface area contributed by atoms with Crippen molar-refractivity contribution in [2.75, 3.05) is 23.7 Å². The molecule has 4 heteroatoms. The Hall–Kier alpha value is -0.870. The average Bonchev–Trinajstić information content (AvgIpc) is 2.44. The summed E-state index contributed by atoms with van der Waals surface area (Å²) in [4.78, 5) is 14.0. The summed E-state index contributed by atoms with van der Waals surface area (Å²) in [5, 5.41) is 3.60. The van der Waals surface area contributed by atoms with E-state index in [1.165, 1.54) is 31.5 Å². The van der Waals surface area contributed by atoms with Gasteiger partial charge in [-0.15, -0.1) is 0 Å². The highest BCUT2D eigenvalue weighted by Gasteiger charge is 2.15. The van der Waals surface area contributed by atoms with Gasteiger partial charge in [0.2, 0.25) is 5.91 Å². The van der Waals surface area contributed by atoms with Crippen LogP contribution in [0.4, 0.5) is 5.69 Å². The van der Waals surface area contributed by atoms with Gasteiger partial charge in [-0.25, -0.2) is 0 Å². The Morgan fingerprint density at radius 3 is 2.55 bits per heavy atom. The molecule has 0 aromatic heterocycles. The molecule has 0 aliphatic carbocycles. The fourth-order valence-corrected chi connectivity index (χ4v) is 2.84. The molecule has 0 unspecified atom stereocenters. The van der Waals surface area contributed by atoms with Crippen molar-refractivity contribution in [1.29, 1.82) is 0 Å². The average molecular weight is 339 g/mol. The molecule has 2 rings (SSSR count). The lowest BCUT2D eigenvalue weighted by atomic mass is 9.99. The molecule has 1 heterocycles. The summed E-state index contributed by atoms with van der Waals surface area (Å²) in [6, 6.07) is 8.21. The fourth-order valence-electron chi connectivity index (χ4n) is 2.48. The van der Waals surface area contributed by atoms with Gasteiger partial charge in [0.15, 0.2) is 0 Å². The Labute approximate surface area is 129 Å². The number of piperidine rings is 1. The van der Waals surface area contributed by atoms with Crippen LogP contribution in [-0.2, 0) is 11.3 Å². The molecule has 1 aromatic rings. The predicted molar refractivity (Wildman–Crippen MR) is 87.2 cm³/mol. The number of alkyl halides is 1. The summed E-state index contributed by atoms with van der Waals surface area (Å²) in [5.74, 6) is 0.929. The van der Waals surface area contributed by atoms with Crippen LogP contribution >= 0.6 is 15.9 Å². The summed E-state index contributed by atoms with van der Waals surface area (Å²) in [6.07, 6.45) is 3.12. The highest BCUT2D eigenvalue weighted by atomic mass is 79.9. The molecule has 110 valence electrons. The minimum absolute atomic E-state index is 0.0552. The Bertz CT molecular complexity index is 425. The summed E-state index contributed by atoms with van der Waals surface area (Å²) in [5.41, 5.74) is 2.20. The normalized spacial score (nSPS) is 17.1. The van der Waals surface area contributed by atoms with Gasteiger partial charge in [0.1, 0.15) is 0 Å². The van der Waals surface area contributed by atoms with Gasteiger partial charge in [0, 0.05) is 24.0 Å². The van der Waals surface area contributed by atoms with Crippen LogP contribution in [0.2, 0.25) is 0 Å². The van der Waals surface area contributed by atoms with Gasteiger partial charge < -0.3 is 5.32 Å². The zero-order chi connectivity index (χ0) is 14.4. The van der Waals surface area contributed by atoms with Crippen molar-refractivity contribution in [2.24, 2.45) is 5.92 Å². The maximum atomic E-state index is 11.5. The zero-order valence-electron chi connectivity index (χ0n) is 12.1. The van der Waals surface area contributed by atoms with E-state index in [-0.39, 0.29) is 5.91 Å². The molecule has 1 fully saturated rings. The standard InChI is InChI=1S/C16H23BrN2O/c1-13-7-10-19(11-8-13)12-14-2-4-15(5-3-14)18-16(20)6-9-17/h2-5,13H,6-12H2,1H3,(H,18,20).